The lowest BCUT2D eigenvalue weighted by atomic mass is 10.2. The first kappa shape index (κ1) is 26.9. The predicted molar refractivity (Wildman–Crippen MR) is 148 cm³/mol. The molecule has 2 heterocycles. The highest BCUT2D eigenvalue weighted by Crippen LogP contribution is 2.34. The first-order valence-corrected chi connectivity index (χ1v) is 13.8. The van der Waals surface area contributed by atoms with Gasteiger partial charge >= 0.3 is 0 Å². The molecule has 198 valence electrons. The highest BCUT2D eigenvalue weighted by atomic mass is 35.5. The van der Waals surface area contributed by atoms with E-state index in [0.29, 0.717) is 23.2 Å². The summed E-state index contributed by atoms with van der Waals surface area (Å²) >= 11 is 6.36. The third-order valence-electron chi connectivity index (χ3n) is 5.96. The zero-order valence-electron chi connectivity index (χ0n) is 21.2. The Balaban J connectivity index is 1.57. The van der Waals surface area contributed by atoms with Crippen LogP contribution in [0.25, 0.3) is 0 Å². The number of likely N-dealkylation sites (N-methyl/N-ethyl adjacent to an activating group) is 1. The molecule has 37 heavy (non-hydrogen) atoms. The molecule has 0 saturated carbocycles. The molecule has 12 heteroatoms. The van der Waals surface area contributed by atoms with Crippen molar-refractivity contribution < 1.29 is 13.2 Å². The Labute approximate surface area is 222 Å². The molecule has 1 unspecified atom stereocenters. The second-order valence-corrected chi connectivity index (χ2v) is 11.1. The van der Waals surface area contributed by atoms with Gasteiger partial charge in [0, 0.05) is 36.9 Å². The van der Waals surface area contributed by atoms with Crippen LogP contribution in [0.5, 0.6) is 5.75 Å². The first-order chi connectivity index (χ1) is 17.7. The summed E-state index contributed by atoms with van der Waals surface area (Å²) in [7, 11) is -0.149. The molecule has 0 bridgehead atoms. The molecule has 1 fully saturated rings. The minimum Gasteiger partial charge on any atom is -0.494 e. The van der Waals surface area contributed by atoms with E-state index in [-0.39, 0.29) is 27.7 Å². The lowest BCUT2D eigenvalue weighted by Crippen LogP contribution is -2.30. The van der Waals surface area contributed by atoms with E-state index >= 15 is 0 Å². The number of hydrogen-bond acceptors (Lipinski definition) is 9. The SMILES string of the molecule is CNC1CCN(c2ccc(Nc3ncc(Cl)c(Nc4ccccc4S(=O)(=O)NC(C)C)n3)c(OC)c2)C1. The normalized spacial score (nSPS) is 15.7. The second kappa shape index (κ2) is 11.5. The molecule has 1 atom stereocenters. The average Bonchev–Trinajstić information content (AvgIpc) is 3.35. The number of hydrogen-bond donors (Lipinski definition) is 4. The first-order valence-electron chi connectivity index (χ1n) is 12.0. The van der Waals surface area contributed by atoms with Gasteiger partial charge in [-0.25, -0.2) is 18.1 Å². The molecular weight excluding hydrogens is 514 g/mol. The molecule has 0 amide bonds. The number of rotatable bonds is 10. The van der Waals surface area contributed by atoms with E-state index in [9.17, 15) is 8.42 Å². The van der Waals surface area contributed by atoms with Gasteiger partial charge in [-0.15, -0.1) is 0 Å². The van der Waals surface area contributed by atoms with E-state index in [1.54, 1.807) is 39.2 Å². The second-order valence-electron chi connectivity index (χ2n) is 9.02. The van der Waals surface area contributed by atoms with Crippen LogP contribution in [0.1, 0.15) is 20.3 Å². The topological polar surface area (TPSA) is 121 Å². The molecule has 4 rings (SSSR count). The highest BCUT2D eigenvalue weighted by molar-refractivity contribution is 7.89. The minimum absolute atomic E-state index is 0.0903. The van der Waals surface area contributed by atoms with Crippen molar-refractivity contribution in [3.05, 3.63) is 53.7 Å². The number of sulfonamides is 1. The minimum atomic E-state index is -3.75. The molecule has 1 aliphatic rings. The van der Waals surface area contributed by atoms with Crippen molar-refractivity contribution in [2.24, 2.45) is 0 Å². The smallest absolute Gasteiger partial charge is 0.242 e. The number of nitrogens with zero attached hydrogens (tertiary/aromatic N) is 3. The third-order valence-corrected chi connectivity index (χ3v) is 7.95. The number of benzene rings is 2. The van der Waals surface area contributed by atoms with Gasteiger partial charge < -0.3 is 25.6 Å². The molecule has 0 radical (unpaired) electrons. The standard InChI is InChI=1S/C25H32ClN7O3S/c1-16(2)32-37(34,35)23-8-6-5-7-21(23)29-24-19(26)14-28-25(31-24)30-20-10-9-18(13-22(20)36-4)33-12-11-17(15-33)27-3/h5-10,13-14,16-17,27,32H,11-12,15H2,1-4H3,(H2,28,29,30,31). The Morgan fingerprint density at radius 3 is 2.62 bits per heavy atom. The number of aromatic nitrogens is 2. The molecule has 4 N–H and O–H groups in total. The van der Waals surface area contributed by atoms with Crippen molar-refractivity contribution in [3.63, 3.8) is 0 Å². The Bertz CT molecular complexity index is 1350. The van der Waals surface area contributed by atoms with Gasteiger partial charge in [-0.05, 0) is 51.6 Å². The quantitative estimate of drug-likeness (QED) is 0.298. The number of anilines is 5. The monoisotopic (exact) mass is 545 g/mol. The molecule has 1 saturated heterocycles. The molecule has 10 nitrogen and oxygen atoms in total. The fourth-order valence-corrected chi connectivity index (χ4v) is 5.70. The van der Waals surface area contributed by atoms with Crippen LogP contribution in [0.4, 0.5) is 28.8 Å². The maximum atomic E-state index is 12.8. The molecule has 1 aliphatic heterocycles. The third kappa shape index (κ3) is 6.42. The summed E-state index contributed by atoms with van der Waals surface area (Å²) in [5.41, 5.74) is 2.11. The van der Waals surface area contributed by atoms with Crippen LogP contribution < -0.4 is 30.3 Å². The number of methoxy groups -OCH3 is 1. The van der Waals surface area contributed by atoms with Crippen molar-refractivity contribution in [1.82, 2.24) is 20.0 Å². The zero-order chi connectivity index (χ0) is 26.6. The summed E-state index contributed by atoms with van der Waals surface area (Å²) in [4.78, 5) is 11.2. The summed E-state index contributed by atoms with van der Waals surface area (Å²) < 4.78 is 33.9. The van der Waals surface area contributed by atoms with Gasteiger partial charge in [0.1, 0.15) is 15.7 Å². The van der Waals surface area contributed by atoms with Gasteiger partial charge in [0.15, 0.2) is 5.82 Å². The van der Waals surface area contributed by atoms with Crippen molar-refractivity contribution in [2.45, 2.75) is 37.2 Å². The van der Waals surface area contributed by atoms with E-state index in [0.717, 1.165) is 25.2 Å². The van der Waals surface area contributed by atoms with Crippen molar-refractivity contribution in [2.75, 3.05) is 42.8 Å². The Morgan fingerprint density at radius 1 is 1.14 bits per heavy atom. The molecule has 2 aromatic carbocycles. The van der Waals surface area contributed by atoms with E-state index in [1.165, 1.54) is 12.3 Å². The van der Waals surface area contributed by atoms with E-state index in [4.69, 9.17) is 16.3 Å². The summed E-state index contributed by atoms with van der Waals surface area (Å²) in [5, 5.41) is 9.79. The summed E-state index contributed by atoms with van der Waals surface area (Å²) in [6.45, 7) is 5.43. The molecular formula is C25H32ClN7O3S. The maximum absolute atomic E-state index is 12.8. The largest absolute Gasteiger partial charge is 0.494 e. The summed E-state index contributed by atoms with van der Waals surface area (Å²) in [6.07, 6.45) is 2.54. The van der Waals surface area contributed by atoms with Crippen LogP contribution in [-0.2, 0) is 10.0 Å². The van der Waals surface area contributed by atoms with E-state index < -0.39 is 10.0 Å². The van der Waals surface area contributed by atoms with Gasteiger partial charge in [0.25, 0.3) is 0 Å². The van der Waals surface area contributed by atoms with Crippen LogP contribution in [0.15, 0.2) is 53.6 Å². The average molecular weight is 546 g/mol. The molecule has 3 aromatic rings. The number of ether oxygens (including phenoxy) is 1. The van der Waals surface area contributed by atoms with Crippen molar-refractivity contribution in [1.29, 1.82) is 0 Å². The van der Waals surface area contributed by atoms with Crippen LogP contribution >= 0.6 is 11.6 Å². The molecule has 0 spiro atoms. The molecule has 1 aromatic heterocycles. The lowest BCUT2D eigenvalue weighted by Gasteiger charge is -2.21. The fraction of sp³-hybridized carbons (Fsp3) is 0.360. The fourth-order valence-electron chi connectivity index (χ4n) is 4.15. The van der Waals surface area contributed by atoms with Gasteiger partial charge in [0.2, 0.25) is 16.0 Å². The maximum Gasteiger partial charge on any atom is 0.242 e. The van der Waals surface area contributed by atoms with Gasteiger partial charge in [-0.3, -0.25) is 0 Å². The Kier molecular flexibility index (Phi) is 8.38. The Hall–Kier alpha value is -3.12. The van der Waals surface area contributed by atoms with Crippen LogP contribution in [0.3, 0.4) is 0 Å². The van der Waals surface area contributed by atoms with E-state index in [1.807, 2.05) is 25.2 Å². The van der Waals surface area contributed by atoms with Gasteiger partial charge in [-0.2, -0.15) is 4.98 Å². The van der Waals surface area contributed by atoms with Crippen LogP contribution in [-0.4, -0.2) is 57.7 Å². The lowest BCUT2D eigenvalue weighted by molar-refractivity contribution is 0.417. The zero-order valence-corrected chi connectivity index (χ0v) is 22.8. The van der Waals surface area contributed by atoms with Gasteiger partial charge in [0.05, 0.1) is 24.7 Å². The highest BCUT2D eigenvalue weighted by Gasteiger charge is 2.23. The number of nitrogens with one attached hydrogen (secondary N) is 4. The van der Waals surface area contributed by atoms with Gasteiger partial charge in [-0.1, -0.05) is 23.7 Å². The number of para-hydroxylation sites is 1. The van der Waals surface area contributed by atoms with E-state index in [2.05, 4.69) is 35.5 Å². The number of halogens is 1. The predicted octanol–water partition coefficient (Wildman–Crippen LogP) is 4.11. The Morgan fingerprint density at radius 2 is 1.92 bits per heavy atom. The summed E-state index contributed by atoms with van der Waals surface area (Å²) in [6, 6.07) is 12.7. The van der Waals surface area contributed by atoms with Crippen molar-refractivity contribution in [3.8, 4) is 5.75 Å². The summed E-state index contributed by atoms with van der Waals surface area (Å²) in [5.74, 6) is 1.18. The molecule has 0 aliphatic carbocycles. The van der Waals surface area contributed by atoms with Crippen LogP contribution in [0.2, 0.25) is 5.02 Å². The van der Waals surface area contributed by atoms with Crippen molar-refractivity contribution >= 4 is 50.5 Å². The van der Waals surface area contributed by atoms with Crippen LogP contribution in [0, 0.1) is 0 Å².